The van der Waals surface area contributed by atoms with Crippen LogP contribution in [0.15, 0.2) is 39.8 Å². The van der Waals surface area contributed by atoms with E-state index in [-0.39, 0.29) is 10.7 Å². The second-order valence-electron chi connectivity index (χ2n) is 4.15. The average Bonchev–Trinajstić information content (AvgIpc) is 2.82. The minimum atomic E-state index is -3.77. The fraction of sp³-hybridized carbons (Fsp3) is 0.167. The van der Waals surface area contributed by atoms with Crippen LogP contribution in [0.2, 0.25) is 5.02 Å². The summed E-state index contributed by atoms with van der Waals surface area (Å²) in [6, 6.07) is 7.13. The molecule has 7 nitrogen and oxygen atoms in total. The number of aryl methyl sites for hydroxylation is 1. The van der Waals surface area contributed by atoms with Crippen molar-refractivity contribution in [3.05, 3.63) is 41.1 Å². The molecule has 0 radical (unpaired) electrons. The van der Waals surface area contributed by atoms with Gasteiger partial charge in [0, 0.05) is 11.1 Å². The Morgan fingerprint density at radius 1 is 1.33 bits per heavy atom. The standard InChI is InChI=1S/C12H12ClN3O4S/c1-8-6-11(16-20-8)15-12(17)7-14-21(18,19)10-4-2-9(13)3-5-10/h2-6,14H,7H2,1H3,(H,15,16,17). The predicted octanol–water partition coefficient (Wildman–Crippen LogP) is 1.55. The first-order valence-corrected chi connectivity index (χ1v) is 7.71. The van der Waals surface area contributed by atoms with Crippen molar-refractivity contribution >= 4 is 33.3 Å². The first-order chi connectivity index (χ1) is 9.87. The van der Waals surface area contributed by atoms with E-state index in [1.165, 1.54) is 30.3 Å². The summed E-state index contributed by atoms with van der Waals surface area (Å²) in [7, 11) is -3.77. The first kappa shape index (κ1) is 15.5. The van der Waals surface area contributed by atoms with E-state index >= 15 is 0 Å². The van der Waals surface area contributed by atoms with Gasteiger partial charge in [0.15, 0.2) is 5.82 Å². The Bertz CT molecular complexity index is 740. The predicted molar refractivity (Wildman–Crippen MR) is 76.5 cm³/mol. The highest BCUT2D eigenvalue weighted by Crippen LogP contribution is 2.13. The van der Waals surface area contributed by atoms with Gasteiger partial charge in [-0.05, 0) is 31.2 Å². The van der Waals surface area contributed by atoms with Gasteiger partial charge >= 0.3 is 0 Å². The molecule has 2 aromatic rings. The molecule has 1 amide bonds. The van der Waals surface area contributed by atoms with Crippen LogP contribution in [-0.2, 0) is 14.8 Å². The Hall–Kier alpha value is -1.90. The second-order valence-corrected chi connectivity index (χ2v) is 6.35. The number of nitrogens with one attached hydrogen (secondary N) is 2. The lowest BCUT2D eigenvalue weighted by Crippen LogP contribution is -2.32. The molecule has 0 fully saturated rings. The normalized spacial score (nSPS) is 11.3. The lowest BCUT2D eigenvalue weighted by atomic mass is 10.4. The number of amides is 1. The van der Waals surface area contributed by atoms with Gasteiger partial charge in [0.25, 0.3) is 0 Å². The van der Waals surface area contributed by atoms with Crippen molar-refractivity contribution in [3.63, 3.8) is 0 Å². The van der Waals surface area contributed by atoms with Gasteiger partial charge < -0.3 is 9.84 Å². The van der Waals surface area contributed by atoms with Crippen LogP contribution in [0.25, 0.3) is 0 Å². The van der Waals surface area contributed by atoms with Crippen LogP contribution >= 0.6 is 11.6 Å². The Balaban J connectivity index is 1.95. The molecule has 0 unspecified atom stereocenters. The summed E-state index contributed by atoms with van der Waals surface area (Å²) in [4.78, 5) is 11.6. The van der Waals surface area contributed by atoms with Crippen LogP contribution < -0.4 is 10.0 Å². The van der Waals surface area contributed by atoms with Crippen molar-refractivity contribution in [1.82, 2.24) is 9.88 Å². The van der Waals surface area contributed by atoms with E-state index in [4.69, 9.17) is 16.1 Å². The summed E-state index contributed by atoms with van der Waals surface area (Å²) in [5.41, 5.74) is 0. The maximum Gasteiger partial charge on any atom is 0.241 e. The molecule has 9 heteroatoms. The molecule has 0 spiro atoms. The third-order valence-corrected chi connectivity index (χ3v) is 4.11. The van der Waals surface area contributed by atoms with Gasteiger partial charge in [-0.2, -0.15) is 0 Å². The molecule has 21 heavy (non-hydrogen) atoms. The molecular weight excluding hydrogens is 318 g/mol. The van der Waals surface area contributed by atoms with Gasteiger partial charge in [-0.3, -0.25) is 4.79 Å². The molecule has 1 heterocycles. The van der Waals surface area contributed by atoms with Gasteiger partial charge in [0.2, 0.25) is 15.9 Å². The van der Waals surface area contributed by atoms with Crippen LogP contribution in [0.5, 0.6) is 0 Å². The zero-order chi connectivity index (χ0) is 15.5. The van der Waals surface area contributed by atoms with Gasteiger partial charge in [-0.25, -0.2) is 13.1 Å². The summed E-state index contributed by atoms with van der Waals surface area (Å²) in [6.07, 6.45) is 0. The molecule has 0 aliphatic heterocycles. The Kier molecular flexibility index (Phi) is 4.61. The maximum absolute atomic E-state index is 11.9. The average molecular weight is 330 g/mol. The van der Waals surface area contributed by atoms with Gasteiger partial charge in [0.05, 0.1) is 11.4 Å². The summed E-state index contributed by atoms with van der Waals surface area (Å²) in [5, 5.41) is 6.40. The number of halogens is 1. The number of carbonyl (C=O) groups excluding carboxylic acids is 1. The lowest BCUT2D eigenvalue weighted by Gasteiger charge is -2.06. The number of hydrogen-bond donors (Lipinski definition) is 2. The Labute approximate surface area is 126 Å². The van der Waals surface area contributed by atoms with Crippen LogP contribution in [0.1, 0.15) is 5.76 Å². The number of benzene rings is 1. The Morgan fingerprint density at radius 3 is 2.57 bits per heavy atom. The lowest BCUT2D eigenvalue weighted by molar-refractivity contribution is -0.115. The molecular formula is C12H12ClN3O4S. The van der Waals surface area contributed by atoms with Crippen LogP contribution in [-0.4, -0.2) is 26.0 Å². The zero-order valence-corrected chi connectivity index (χ0v) is 12.5. The topological polar surface area (TPSA) is 101 Å². The van der Waals surface area contributed by atoms with Crippen LogP contribution in [0.4, 0.5) is 5.82 Å². The minimum Gasteiger partial charge on any atom is -0.360 e. The number of carbonyl (C=O) groups is 1. The summed E-state index contributed by atoms with van der Waals surface area (Å²) < 4.78 is 30.8. The molecule has 0 aliphatic carbocycles. The van der Waals surface area contributed by atoms with E-state index in [9.17, 15) is 13.2 Å². The van der Waals surface area contributed by atoms with Crippen molar-refractivity contribution in [2.45, 2.75) is 11.8 Å². The molecule has 0 aliphatic rings. The van der Waals surface area contributed by atoms with Crippen molar-refractivity contribution in [2.24, 2.45) is 0 Å². The highest BCUT2D eigenvalue weighted by atomic mass is 35.5. The smallest absolute Gasteiger partial charge is 0.241 e. The molecule has 0 atom stereocenters. The molecule has 2 rings (SSSR count). The fourth-order valence-corrected chi connectivity index (χ4v) is 2.58. The number of hydrogen-bond acceptors (Lipinski definition) is 5. The second kappa shape index (κ2) is 6.25. The first-order valence-electron chi connectivity index (χ1n) is 5.85. The van der Waals surface area contributed by atoms with Crippen molar-refractivity contribution in [3.8, 4) is 0 Å². The number of aromatic nitrogens is 1. The van der Waals surface area contributed by atoms with E-state index in [1.807, 2.05) is 0 Å². The Morgan fingerprint density at radius 2 is 2.00 bits per heavy atom. The van der Waals surface area contributed by atoms with E-state index in [0.717, 1.165) is 0 Å². The minimum absolute atomic E-state index is 0.0250. The van der Waals surface area contributed by atoms with E-state index < -0.39 is 22.5 Å². The molecule has 0 bridgehead atoms. The number of sulfonamides is 1. The molecule has 1 aromatic heterocycles. The van der Waals surface area contributed by atoms with Crippen LogP contribution in [0, 0.1) is 6.92 Å². The fourth-order valence-electron chi connectivity index (χ4n) is 1.47. The highest BCUT2D eigenvalue weighted by Gasteiger charge is 2.15. The third-order valence-electron chi connectivity index (χ3n) is 2.44. The number of rotatable bonds is 5. The number of anilines is 1. The summed E-state index contributed by atoms with van der Waals surface area (Å²) >= 11 is 5.69. The molecule has 112 valence electrons. The van der Waals surface area contributed by atoms with Crippen molar-refractivity contribution in [1.29, 1.82) is 0 Å². The van der Waals surface area contributed by atoms with Gasteiger partial charge in [-0.1, -0.05) is 16.8 Å². The molecule has 0 saturated heterocycles. The van der Waals surface area contributed by atoms with E-state index in [2.05, 4.69) is 15.2 Å². The largest absolute Gasteiger partial charge is 0.360 e. The van der Waals surface area contributed by atoms with Gasteiger partial charge in [-0.15, -0.1) is 0 Å². The van der Waals surface area contributed by atoms with E-state index in [0.29, 0.717) is 10.8 Å². The molecule has 1 aromatic carbocycles. The highest BCUT2D eigenvalue weighted by molar-refractivity contribution is 7.89. The molecule has 0 saturated carbocycles. The SMILES string of the molecule is Cc1cc(NC(=O)CNS(=O)(=O)c2ccc(Cl)cc2)no1. The maximum atomic E-state index is 11.9. The van der Waals surface area contributed by atoms with Crippen LogP contribution in [0.3, 0.4) is 0 Å². The van der Waals surface area contributed by atoms with Crippen molar-refractivity contribution in [2.75, 3.05) is 11.9 Å². The van der Waals surface area contributed by atoms with E-state index in [1.54, 1.807) is 6.92 Å². The molecule has 2 N–H and O–H groups in total. The van der Waals surface area contributed by atoms with Gasteiger partial charge in [0.1, 0.15) is 5.76 Å². The van der Waals surface area contributed by atoms with Crippen molar-refractivity contribution < 1.29 is 17.7 Å². The summed E-state index contributed by atoms with van der Waals surface area (Å²) in [5.74, 6) is 0.205. The summed E-state index contributed by atoms with van der Waals surface area (Å²) in [6.45, 7) is 1.25. The number of nitrogens with zero attached hydrogens (tertiary/aromatic N) is 1. The quantitative estimate of drug-likeness (QED) is 0.866. The monoisotopic (exact) mass is 329 g/mol. The third kappa shape index (κ3) is 4.28. The zero-order valence-electron chi connectivity index (χ0n) is 11.0.